The second-order valence-electron chi connectivity index (χ2n) is 4.69. The minimum Gasteiger partial charge on any atom is -0.383 e. The molecule has 0 heterocycles. The van der Waals surface area contributed by atoms with Crippen molar-refractivity contribution in [3.8, 4) is 0 Å². The van der Waals surface area contributed by atoms with Crippen molar-refractivity contribution in [3.63, 3.8) is 0 Å². The van der Waals surface area contributed by atoms with E-state index in [-0.39, 0.29) is 12.0 Å². The van der Waals surface area contributed by atoms with Gasteiger partial charge in [0.05, 0.1) is 0 Å². The number of hydrogen-bond donors (Lipinski definition) is 1. The molecule has 1 nitrogen and oxygen atoms in total. The minimum absolute atomic E-state index is 0.147. The molecule has 1 N–H and O–H groups in total. The van der Waals surface area contributed by atoms with Crippen LogP contribution in [0.15, 0.2) is 24.3 Å². The van der Waals surface area contributed by atoms with Gasteiger partial charge < -0.3 is 5.11 Å². The summed E-state index contributed by atoms with van der Waals surface area (Å²) in [6.07, 6.45) is -6.88. The van der Waals surface area contributed by atoms with Crippen molar-refractivity contribution >= 4 is 0 Å². The number of rotatable bonds is 2. The van der Waals surface area contributed by atoms with Crippen LogP contribution in [0, 0.1) is 11.7 Å². The van der Waals surface area contributed by atoms with Gasteiger partial charge in [-0.25, -0.2) is 4.39 Å². The van der Waals surface area contributed by atoms with Gasteiger partial charge in [-0.3, -0.25) is 0 Å². The number of benzene rings is 1. The molecule has 1 aromatic rings. The van der Waals surface area contributed by atoms with Crippen LogP contribution in [0.3, 0.4) is 0 Å². The predicted octanol–water partition coefficient (Wildman–Crippen LogP) is 3.03. The van der Waals surface area contributed by atoms with Crippen molar-refractivity contribution < 1.29 is 22.7 Å². The monoisotopic (exact) mass is 248 g/mol. The predicted molar refractivity (Wildman–Crippen MR) is 53.9 cm³/mol. The maximum atomic E-state index is 13.5. The lowest BCUT2D eigenvalue weighted by Gasteiger charge is -2.18. The van der Waals surface area contributed by atoms with Gasteiger partial charge in [0.2, 0.25) is 0 Å². The third-order valence-corrected chi connectivity index (χ3v) is 3.51. The van der Waals surface area contributed by atoms with Crippen LogP contribution in [0.5, 0.6) is 0 Å². The lowest BCUT2D eigenvalue weighted by Crippen LogP contribution is -2.33. The molecule has 3 atom stereocenters. The van der Waals surface area contributed by atoms with Crippen LogP contribution in [0.1, 0.15) is 18.9 Å². The van der Waals surface area contributed by atoms with Crippen LogP contribution in [0.25, 0.3) is 0 Å². The Balaban J connectivity index is 2.24. The van der Waals surface area contributed by atoms with E-state index in [1.165, 1.54) is 18.2 Å². The number of aliphatic hydroxyl groups excluding tert-OH is 1. The first-order chi connectivity index (χ1) is 7.77. The molecule has 0 aliphatic heterocycles. The van der Waals surface area contributed by atoms with Crippen LogP contribution in [-0.4, -0.2) is 17.4 Å². The zero-order valence-electron chi connectivity index (χ0n) is 9.13. The summed E-state index contributed by atoms with van der Waals surface area (Å²) in [5.41, 5.74) is -0.673. The first-order valence-electron chi connectivity index (χ1n) is 5.26. The third kappa shape index (κ3) is 2.04. The van der Waals surface area contributed by atoms with Gasteiger partial charge in [-0.05, 0) is 18.1 Å². The van der Waals surface area contributed by atoms with Crippen molar-refractivity contribution in [2.45, 2.75) is 31.0 Å². The van der Waals surface area contributed by atoms with Crippen LogP contribution >= 0.6 is 0 Å². The molecule has 1 fully saturated rings. The molecule has 1 aromatic carbocycles. The number of hydrogen-bond acceptors (Lipinski definition) is 1. The van der Waals surface area contributed by atoms with E-state index in [1.807, 2.05) is 0 Å². The molecule has 1 aliphatic carbocycles. The molecule has 0 amide bonds. The van der Waals surface area contributed by atoms with Crippen LogP contribution in [0.2, 0.25) is 0 Å². The molecule has 0 bridgehead atoms. The highest BCUT2D eigenvalue weighted by Crippen LogP contribution is 2.58. The summed E-state index contributed by atoms with van der Waals surface area (Å²) in [5, 5.41) is 9.17. The lowest BCUT2D eigenvalue weighted by molar-refractivity contribution is -0.211. The summed E-state index contributed by atoms with van der Waals surface area (Å²) >= 11 is 0. The Kier molecular flexibility index (Phi) is 2.69. The van der Waals surface area contributed by atoms with Crippen molar-refractivity contribution in [1.82, 2.24) is 0 Å². The summed E-state index contributed by atoms with van der Waals surface area (Å²) in [6, 6.07) is 5.76. The Labute approximate surface area is 96.1 Å². The van der Waals surface area contributed by atoms with Gasteiger partial charge in [-0.1, -0.05) is 25.1 Å². The van der Waals surface area contributed by atoms with Gasteiger partial charge in [-0.15, -0.1) is 0 Å². The second-order valence-corrected chi connectivity index (χ2v) is 4.69. The van der Waals surface area contributed by atoms with Crippen LogP contribution in [-0.2, 0) is 5.41 Å². The molecule has 0 unspecified atom stereocenters. The van der Waals surface area contributed by atoms with E-state index in [1.54, 1.807) is 13.0 Å². The maximum absolute atomic E-state index is 13.5. The average molecular weight is 248 g/mol. The van der Waals surface area contributed by atoms with Gasteiger partial charge >= 0.3 is 6.18 Å². The van der Waals surface area contributed by atoms with E-state index in [9.17, 15) is 17.6 Å². The van der Waals surface area contributed by atoms with Gasteiger partial charge in [0.15, 0.2) is 6.10 Å². The molecular formula is C12H12F4O. The highest BCUT2D eigenvalue weighted by atomic mass is 19.4. The average Bonchev–Trinajstić information content (AvgIpc) is 2.90. The van der Waals surface area contributed by atoms with Crippen molar-refractivity contribution in [1.29, 1.82) is 0 Å². The standard InChI is InChI=1S/C12H12F4O/c1-11(7-4-2-3-5-9(7)13)6-8(11)10(17)12(14,15)16/h2-5,8,10,17H,6H2,1H3/t8-,10-,11-/m0/s1. The smallest absolute Gasteiger partial charge is 0.383 e. The quantitative estimate of drug-likeness (QED) is 0.797. The molecular weight excluding hydrogens is 236 g/mol. The fourth-order valence-corrected chi connectivity index (χ4v) is 2.32. The first kappa shape index (κ1) is 12.4. The summed E-state index contributed by atoms with van der Waals surface area (Å²) in [7, 11) is 0. The van der Waals surface area contributed by atoms with Gasteiger partial charge in [0, 0.05) is 11.3 Å². The highest BCUT2D eigenvalue weighted by Gasteiger charge is 2.62. The van der Waals surface area contributed by atoms with Gasteiger partial charge in [0.25, 0.3) is 0 Å². The zero-order chi connectivity index (χ0) is 12.8. The Hall–Kier alpha value is -1.10. The number of alkyl halides is 3. The largest absolute Gasteiger partial charge is 0.414 e. The van der Waals surface area contributed by atoms with E-state index in [2.05, 4.69) is 0 Å². The van der Waals surface area contributed by atoms with Gasteiger partial charge in [0.1, 0.15) is 5.82 Å². The van der Waals surface area contributed by atoms with E-state index < -0.39 is 29.4 Å². The molecule has 1 saturated carbocycles. The lowest BCUT2D eigenvalue weighted by atomic mass is 9.93. The fourth-order valence-electron chi connectivity index (χ4n) is 2.32. The molecule has 0 aromatic heterocycles. The normalized spacial score (nSPS) is 30.1. The molecule has 0 radical (unpaired) electrons. The van der Waals surface area contributed by atoms with Crippen molar-refractivity contribution in [2.24, 2.45) is 5.92 Å². The van der Waals surface area contributed by atoms with Crippen LogP contribution < -0.4 is 0 Å². The molecule has 1 aliphatic rings. The molecule has 0 spiro atoms. The summed E-state index contributed by atoms with van der Waals surface area (Å²) in [5.74, 6) is -1.48. The number of halogens is 4. The minimum atomic E-state index is -4.65. The Morgan fingerprint density at radius 3 is 2.47 bits per heavy atom. The molecule has 0 saturated heterocycles. The zero-order valence-corrected chi connectivity index (χ0v) is 9.13. The summed E-state index contributed by atoms with van der Waals surface area (Å²) < 4.78 is 50.6. The van der Waals surface area contributed by atoms with E-state index >= 15 is 0 Å². The Morgan fingerprint density at radius 1 is 1.35 bits per heavy atom. The van der Waals surface area contributed by atoms with E-state index in [0.29, 0.717) is 0 Å². The topological polar surface area (TPSA) is 20.2 Å². The first-order valence-corrected chi connectivity index (χ1v) is 5.26. The highest BCUT2D eigenvalue weighted by molar-refractivity contribution is 5.34. The Morgan fingerprint density at radius 2 is 1.94 bits per heavy atom. The fraction of sp³-hybridized carbons (Fsp3) is 0.500. The summed E-state index contributed by atoms with van der Waals surface area (Å²) in [6.45, 7) is 1.55. The van der Waals surface area contributed by atoms with Crippen molar-refractivity contribution in [3.05, 3.63) is 35.6 Å². The summed E-state index contributed by atoms with van der Waals surface area (Å²) in [4.78, 5) is 0. The molecule has 94 valence electrons. The number of aliphatic hydroxyl groups is 1. The molecule has 2 rings (SSSR count). The maximum Gasteiger partial charge on any atom is 0.414 e. The third-order valence-electron chi connectivity index (χ3n) is 3.51. The molecule has 17 heavy (non-hydrogen) atoms. The van der Waals surface area contributed by atoms with Crippen LogP contribution in [0.4, 0.5) is 17.6 Å². The van der Waals surface area contributed by atoms with E-state index in [4.69, 9.17) is 5.11 Å². The van der Waals surface area contributed by atoms with Crippen molar-refractivity contribution in [2.75, 3.05) is 0 Å². The SMILES string of the molecule is C[C@@]1(c2ccccc2F)C[C@H]1[C@H](O)C(F)(F)F. The molecule has 5 heteroatoms. The van der Waals surface area contributed by atoms with E-state index in [0.717, 1.165) is 0 Å². The Bertz CT molecular complexity index is 429. The second kappa shape index (κ2) is 3.70. The van der Waals surface area contributed by atoms with Gasteiger partial charge in [-0.2, -0.15) is 13.2 Å².